The molecule has 0 amide bonds. The van der Waals surface area contributed by atoms with E-state index < -0.39 is 5.41 Å². The zero-order chi connectivity index (χ0) is 48.3. The molecule has 0 radical (unpaired) electrons. The fraction of sp³-hybridized carbons (Fsp3) is 0.0986. The first-order valence-electron chi connectivity index (χ1n) is 26.1. The zero-order valence-corrected chi connectivity index (χ0v) is 40.7. The maximum absolute atomic E-state index is 6.58. The molecule has 1 fully saturated rings. The van der Waals surface area contributed by atoms with Crippen molar-refractivity contribution in [3.05, 3.63) is 283 Å². The molecular weight excluding hydrogens is 883 g/mol. The van der Waals surface area contributed by atoms with Crippen LogP contribution in [0.25, 0.3) is 77.2 Å². The van der Waals surface area contributed by atoms with Crippen molar-refractivity contribution in [3.63, 3.8) is 0 Å². The molecule has 1 aromatic heterocycles. The smallest absolute Gasteiger partial charge is 0.136 e. The summed E-state index contributed by atoms with van der Waals surface area (Å²) in [5, 5.41) is 4.89. The summed E-state index contributed by atoms with van der Waals surface area (Å²) in [6.45, 7) is 0. The van der Waals surface area contributed by atoms with E-state index in [1.165, 1.54) is 98.5 Å². The highest BCUT2D eigenvalue weighted by Crippen LogP contribution is 2.60. The van der Waals surface area contributed by atoms with Crippen molar-refractivity contribution in [2.45, 2.75) is 43.4 Å². The SMILES string of the molecule is c1ccc(C2(c3ccccc3)c3ccccc3-c3c(-c4ccccc4N(c4ccccc4-c4cccc5cccc(C6CCCCC6)c45)c4ccccc4-c4cccc5oc6ccccc6c45)cccc32)cc1. The minimum Gasteiger partial charge on any atom is -0.456 e. The standard InChI is InChI=1S/C71H53NO/c1-4-24-48(25-5-1)52-37-20-26-49-27-21-38-56(68(49)52)53-32-11-16-43-63(53)72(65-45-18-13-34-55(65)58-40-23-47-67-70(58)60-36-14-19-46-66(60)73-67)64-44-17-12-33-54(64)57-39-22-42-62-69(57)59-35-10-15-41-61(59)71(62,50-28-6-2-7-29-50)51-30-8-3-9-31-51/h2-3,6-23,26-48H,1,4-5,24-25H2. The molecule has 73 heavy (non-hydrogen) atoms. The maximum Gasteiger partial charge on any atom is 0.136 e. The predicted octanol–water partition coefficient (Wildman–Crippen LogP) is 19.6. The van der Waals surface area contributed by atoms with Crippen LogP contribution in [0.2, 0.25) is 0 Å². The van der Waals surface area contributed by atoms with E-state index >= 15 is 0 Å². The van der Waals surface area contributed by atoms with Gasteiger partial charge in [0.05, 0.1) is 22.5 Å². The lowest BCUT2D eigenvalue weighted by molar-refractivity contribution is 0.445. The number of nitrogens with zero attached hydrogens (tertiary/aromatic N) is 1. The average molecular weight is 936 g/mol. The molecule has 0 unspecified atom stereocenters. The van der Waals surface area contributed by atoms with Gasteiger partial charge in [-0.3, -0.25) is 0 Å². The second-order valence-corrected chi connectivity index (χ2v) is 20.0. The minimum atomic E-state index is -0.533. The minimum absolute atomic E-state index is 0.533. The molecule has 348 valence electrons. The van der Waals surface area contributed by atoms with Gasteiger partial charge in [-0.1, -0.05) is 244 Å². The van der Waals surface area contributed by atoms with Crippen LogP contribution in [0, 0.1) is 0 Å². The van der Waals surface area contributed by atoms with Crippen molar-refractivity contribution < 1.29 is 4.42 Å². The Hall–Kier alpha value is -8.72. The first-order chi connectivity index (χ1) is 36.3. The fourth-order valence-corrected chi connectivity index (χ4v) is 13.1. The first kappa shape index (κ1) is 43.1. The molecule has 2 aliphatic rings. The van der Waals surface area contributed by atoms with E-state index in [4.69, 9.17) is 4.42 Å². The van der Waals surface area contributed by atoms with Gasteiger partial charge in [-0.15, -0.1) is 0 Å². The summed E-state index contributed by atoms with van der Waals surface area (Å²) in [5.41, 5.74) is 20.7. The highest BCUT2D eigenvalue weighted by molar-refractivity contribution is 6.15. The molecule has 0 N–H and O–H groups in total. The van der Waals surface area contributed by atoms with E-state index in [-0.39, 0.29) is 0 Å². The normalized spacial score (nSPS) is 14.1. The molecule has 0 spiro atoms. The third-order valence-corrected chi connectivity index (χ3v) is 16.2. The molecule has 0 atom stereocenters. The number of furan rings is 1. The van der Waals surface area contributed by atoms with Crippen LogP contribution < -0.4 is 4.90 Å². The van der Waals surface area contributed by atoms with E-state index in [0.717, 1.165) is 55.7 Å². The number of para-hydroxylation sites is 4. The molecule has 12 aromatic rings. The van der Waals surface area contributed by atoms with Gasteiger partial charge in [-0.25, -0.2) is 0 Å². The first-order valence-corrected chi connectivity index (χ1v) is 26.1. The van der Waals surface area contributed by atoms with E-state index in [2.05, 4.69) is 260 Å². The Morgan fingerprint density at radius 2 is 0.808 bits per heavy atom. The van der Waals surface area contributed by atoms with Crippen molar-refractivity contribution in [2.24, 2.45) is 0 Å². The van der Waals surface area contributed by atoms with Crippen LogP contribution in [-0.2, 0) is 5.41 Å². The van der Waals surface area contributed by atoms with Crippen molar-refractivity contribution in [1.29, 1.82) is 0 Å². The van der Waals surface area contributed by atoms with E-state index in [1.54, 1.807) is 0 Å². The van der Waals surface area contributed by atoms with Crippen LogP contribution in [0.4, 0.5) is 17.1 Å². The lowest BCUT2D eigenvalue weighted by Gasteiger charge is -2.34. The van der Waals surface area contributed by atoms with Gasteiger partial charge in [0.15, 0.2) is 0 Å². The Balaban J connectivity index is 1.07. The third-order valence-electron chi connectivity index (χ3n) is 16.2. The maximum atomic E-state index is 6.58. The van der Waals surface area contributed by atoms with Gasteiger partial charge < -0.3 is 9.32 Å². The second-order valence-electron chi connectivity index (χ2n) is 20.0. The summed E-state index contributed by atoms with van der Waals surface area (Å²) in [4.78, 5) is 2.57. The number of anilines is 3. The van der Waals surface area contributed by atoms with Gasteiger partial charge in [0.25, 0.3) is 0 Å². The van der Waals surface area contributed by atoms with Crippen LogP contribution >= 0.6 is 0 Å². The quantitative estimate of drug-likeness (QED) is 0.143. The number of fused-ring (bicyclic) bond motifs is 7. The van der Waals surface area contributed by atoms with Gasteiger partial charge in [-0.2, -0.15) is 0 Å². The van der Waals surface area contributed by atoms with Crippen LogP contribution in [0.1, 0.15) is 65.8 Å². The van der Waals surface area contributed by atoms with Crippen molar-refractivity contribution in [1.82, 2.24) is 0 Å². The van der Waals surface area contributed by atoms with Crippen molar-refractivity contribution in [2.75, 3.05) is 4.90 Å². The average Bonchev–Trinajstić information content (AvgIpc) is 4.01. The van der Waals surface area contributed by atoms with E-state index in [0.29, 0.717) is 5.92 Å². The molecule has 1 heterocycles. The number of benzene rings is 11. The fourth-order valence-electron chi connectivity index (χ4n) is 13.1. The highest BCUT2D eigenvalue weighted by Gasteiger charge is 2.47. The summed E-state index contributed by atoms with van der Waals surface area (Å²) in [6, 6.07) is 94.6. The molecule has 0 saturated heterocycles. The monoisotopic (exact) mass is 935 g/mol. The van der Waals surface area contributed by atoms with E-state index in [1.807, 2.05) is 0 Å². The van der Waals surface area contributed by atoms with Gasteiger partial charge in [0, 0.05) is 27.5 Å². The molecule has 2 aliphatic carbocycles. The molecule has 11 aromatic carbocycles. The topological polar surface area (TPSA) is 16.4 Å². The summed E-state index contributed by atoms with van der Waals surface area (Å²) < 4.78 is 6.58. The highest BCUT2D eigenvalue weighted by atomic mass is 16.3. The van der Waals surface area contributed by atoms with Crippen molar-refractivity contribution >= 4 is 49.8 Å². The Morgan fingerprint density at radius 1 is 0.342 bits per heavy atom. The van der Waals surface area contributed by atoms with Gasteiger partial charge in [0.1, 0.15) is 11.2 Å². The molecule has 0 aliphatic heterocycles. The molecule has 2 heteroatoms. The Morgan fingerprint density at radius 3 is 1.48 bits per heavy atom. The third kappa shape index (κ3) is 6.85. The predicted molar refractivity (Wildman–Crippen MR) is 305 cm³/mol. The van der Waals surface area contributed by atoms with Gasteiger partial charge in [-0.05, 0) is 115 Å². The molecule has 0 bridgehead atoms. The molecule has 14 rings (SSSR count). The zero-order valence-electron chi connectivity index (χ0n) is 40.7. The number of rotatable bonds is 9. The Bertz CT molecular complexity index is 3980. The summed E-state index contributed by atoms with van der Waals surface area (Å²) in [7, 11) is 0. The molecule has 1 saturated carbocycles. The van der Waals surface area contributed by atoms with Crippen LogP contribution in [0.15, 0.2) is 259 Å². The Kier molecular flexibility index (Phi) is 10.5. The van der Waals surface area contributed by atoms with Crippen LogP contribution in [0.3, 0.4) is 0 Å². The number of hydrogen-bond acceptors (Lipinski definition) is 2. The lowest BCUT2D eigenvalue weighted by Crippen LogP contribution is -2.28. The van der Waals surface area contributed by atoms with E-state index in [9.17, 15) is 0 Å². The summed E-state index contributed by atoms with van der Waals surface area (Å²) in [6.07, 6.45) is 6.35. The molecular formula is C71H53NO. The van der Waals surface area contributed by atoms with Gasteiger partial charge in [0.2, 0.25) is 0 Å². The Labute approximate surface area is 427 Å². The second kappa shape index (κ2) is 17.8. The summed E-state index contributed by atoms with van der Waals surface area (Å²) >= 11 is 0. The lowest BCUT2D eigenvalue weighted by atomic mass is 9.67. The largest absolute Gasteiger partial charge is 0.456 e. The summed E-state index contributed by atoms with van der Waals surface area (Å²) in [5.74, 6) is 0.538. The molecule has 2 nitrogen and oxygen atoms in total. The van der Waals surface area contributed by atoms with Crippen LogP contribution in [0.5, 0.6) is 0 Å². The van der Waals surface area contributed by atoms with Crippen LogP contribution in [-0.4, -0.2) is 0 Å². The number of hydrogen-bond donors (Lipinski definition) is 0. The van der Waals surface area contributed by atoms with Gasteiger partial charge >= 0.3 is 0 Å². The van der Waals surface area contributed by atoms with Crippen molar-refractivity contribution in [3.8, 4) is 44.5 Å².